The summed E-state index contributed by atoms with van der Waals surface area (Å²) in [5.74, 6) is 0.412. The highest BCUT2D eigenvalue weighted by Crippen LogP contribution is 2.26. The van der Waals surface area contributed by atoms with Gasteiger partial charge in [-0.2, -0.15) is 5.26 Å². The predicted octanol–water partition coefficient (Wildman–Crippen LogP) is 1.39. The number of likely N-dealkylation sites (tertiary alicyclic amines) is 1. The van der Waals surface area contributed by atoms with Gasteiger partial charge in [-0.15, -0.1) is 0 Å². The number of nitrogens with zero attached hydrogens (tertiary/aromatic N) is 2. The van der Waals surface area contributed by atoms with E-state index in [1.54, 1.807) is 0 Å². The van der Waals surface area contributed by atoms with Gasteiger partial charge < -0.3 is 11.1 Å². The number of hydrogen-bond donors (Lipinski definition) is 2. The fraction of sp³-hybridized carbons (Fsp3) is 0.875. The van der Waals surface area contributed by atoms with Crippen molar-refractivity contribution in [3.05, 3.63) is 0 Å². The van der Waals surface area contributed by atoms with Gasteiger partial charge in [0.2, 0.25) is 5.91 Å². The molecule has 3 N–H and O–H groups in total. The molecule has 1 aliphatic heterocycles. The molecule has 2 atom stereocenters. The number of carbonyl (C=O) groups is 1. The van der Waals surface area contributed by atoms with Crippen molar-refractivity contribution in [2.75, 3.05) is 19.6 Å². The Bertz CT molecular complexity index is 396. The summed E-state index contributed by atoms with van der Waals surface area (Å²) in [6, 6.07) is 2.62. The van der Waals surface area contributed by atoms with Gasteiger partial charge in [0.25, 0.3) is 0 Å². The molecule has 1 heterocycles. The van der Waals surface area contributed by atoms with E-state index < -0.39 is 5.54 Å². The van der Waals surface area contributed by atoms with Crippen LogP contribution in [-0.2, 0) is 4.79 Å². The van der Waals surface area contributed by atoms with Crippen molar-refractivity contribution >= 4 is 5.91 Å². The number of rotatable bonds is 3. The molecule has 0 aromatic rings. The Labute approximate surface area is 127 Å². The van der Waals surface area contributed by atoms with Crippen molar-refractivity contribution < 1.29 is 4.79 Å². The number of carbonyl (C=O) groups excluding carboxylic acids is 1. The van der Waals surface area contributed by atoms with Crippen molar-refractivity contribution in [1.82, 2.24) is 10.2 Å². The van der Waals surface area contributed by atoms with Crippen LogP contribution in [0.5, 0.6) is 0 Å². The molecular formula is C16H28N4O. The molecule has 5 nitrogen and oxygen atoms in total. The van der Waals surface area contributed by atoms with Crippen LogP contribution >= 0.6 is 0 Å². The fourth-order valence-corrected chi connectivity index (χ4v) is 3.50. The van der Waals surface area contributed by atoms with E-state index >= 15 is 0 Å². The summed E-state index contributed by atoms with van der Waals surface area (Å²) in [5.41, 5.74) is 5.38. The third-order valence-corrected chi connectivity index (χ3v) is 4.97. The molecule has 5 heteroatoms. The van der Waals surface area contributed by atoms with Crippen LogP contribution in [0.25, 0.3) is 0 Å². The van der Waals surface area contributed by atoms with Crippen LogP contribution in [0.15, 0.2) is 0 Å². The zero-order chi connectivity index (χ0) is 15.3. The summed E-state index contributed by atoms with van der Waals surface area (Å²) in [5, 5.41) is 12.5. The Balaban J connectivity index is 1.87. The highest BCUT2D eigenvalue weighted by Gasteiger charge is 2.33. The molecule has 0 radical (unpaired) electrons. The number of nitrogens with one attached hydrogen (secondary N) is 1. The van der Waals surface area contributed by atoms with E-state index in [2.05, 4.69) is 23.2 Å². The second kappa shape index (κ2) is 7.24. The average Bonchev–Trinajstić information content (AvgIpc) is 2.69. The smallest absolute Gasteiger partial charge is 0.235 e. The van der Waals surface area contributed by atoms with Crippen molar-refractivity contribution in [2.24, 2.45) is 11.7 Å². The summed E-state index contributed by atoms with van der Waals surface area (Å²) in [6.45, 7) is 4.27. The van der Waals surface area contributed by atoms with Gasteiger partial charge in [-0.3, -0.25) is 9.69 Å². The van der Waals surface area contributed by atoms with Gasteiger partial charge in [0.15, 0.2) is 0 Å². The van der Waals surface area contributed by atoms with Crippen LogP contribution in [0.2, 0.25) is 0 Å². The van der Waals surface area contributed by atoms with E-state index in [0.717, 1.165) is 45.2 Å². The second-order valence-corrected chi connectivity index (χ2v) is 6.82. The van der Waals surface area contributed by atoms with Crippen molar-refractivity contribution in [1.29, 1.82) is 5.26 Å². The minimum absolute atomic E-state index is 0.0129. The lowest BCUT2D eigenvalue weighted by molar-refractivity contribution is -0.124. The third kappa shape index (κ3) is 4.42. The van der Waals surface area contributed by atoms with Crippen LogP contribution < -0.4 is 11.1 Å². The van der Waals surface area contributed by atoms with E-state index in [9.17, 15) is 10.1 Å². The molecule has 2 rings (SSSR count). The summed E-state index contributed by atoms with van der Waals surface area (Å²) in [4.78, 5) is 14.5. The molecule has 1 amide bonds. The minimum Gasteiger partial charge on any atom is -0.337 e. The maximum absolute atomic E-state index is 12.3. The zero-order valence-electron chi connectivity index (χ0n) is 13.1. The van der Waals surface area contributed by atoms with Gasteiger partial charge in [-0.1, -0.05) is 32.6 Å². The van der Waals surface area contributed by atoms with Crippen molar-refractivity contribution in [3.8, 4) is 6.07 Å². The first-order valence-corrected chi connectivity index (χ1v) is 8.25. The largest absolute Gasteiger partial charge is 0.337 e. The van der Waals surface area contributed by atoms with Crippen LogP contribution in [0.3, 0.4) is 0 Å². The topological polar surface area (TPSA) is 82.2 Å². The molecule has 2 unspecified atom stereocenters. The van der Waals surface area contributed by atoms with E-state index in [1.165, 1.54) is 12.8 Å². The normalized spacial score (nSPS) is 30.1. The lowest BCUT2D eigenvalue weighted by atomic mass is 9.91. The number of piperidine rings is 1. The van der Waals surface area contributed by atoms with Gasteiger partial charge in [-0.25, -0.2) is 0 Å². The Kier molecular flexibility index (Phi) is 5.60. The van der Waals surface area contributed by atoms with Gasteiger partial charge in [0.1, 0.15) is 5.54 Å². The molecule has 0 aromatic heterocycles. The molecule has 21 heavy (non-hydrogen) atoms. The summed E-state index contributed by atoms with van der Waals surface area (Å²) in [7, 11) is 0. The number of hydrogen-bond acceptors (Lipinski definition) is 4. The van der Waals surface area contributed by atoms with Crippen LogP contribution in [0.4, 0.5) is 0 Å². The van der Waals surface area contributed by atoms with Gasteiger partial charge in [0.05, 0.1) is 12.6 Å². The van der Waals surface area contributed by atoms with E-state index in [0.29, 0.717) is 12.5 Å². The first-order valence-electron chi connectivity index (χ1n) is 8.25. The standard InChI is InChI=1S/C16H28N4O/c1-13-10-20(9-6-14(13)18)11-15(21)19-16(12-17)7-4-2-3-5-8-16/h13-14H,2-11,18H2,1H3,(H,19,21). The molecule has 0 bridgehead atoms. The fourth-order valence-electron chi connectivity index (χ4n) is 3.50. The zero-order valence-corrected chi connectivity index (χ0v) is 13.1. The van der Waals surface area contributed by atoms with Crippen LogP contribution in [0.1, 0.15) is 51.9 Å². The Hall–Kier alpha value is -1.12. The van der Waals surface area contributed by atoms with Gasteiger partial charge in [-0.05, 0) is 25.2 Å². The monoisotopic (exact) mass is 292 g/mol. The summed E-state index contributed by atoms with van der Waals surface area (Å²) in [6.07, 6.45) is 6.92. The SMILES string of the molecule is CC1CN(CC(=O)NC2(C#N)CCCCCC2)CCC1N. The average molecular weight is 292 g/mol. The Morgan fingerprint density at radius 2 is 2.05 bits per heavy atom. The van der Waals surface area contributed by atoms with E-state index in [1.807, 2.05) is 0 Å². The lowest BCUT2D eigenvalue weighted by Gasteiger charge is -2.35. The molecular weight excluding hydrogens is 264 g/mol. The van der Waals surface area contributed by atoms with Crippen molar-refractivity contribution in [3.63, 3.8) is 0 Å². The van der Waals surface area contributed by atoms with Gasteiger partial charge in [0, 0.05) is 19.1 Å². The molecule has 118 valence electrons. The number of amides is 1. The molecule has 2 aliphatic rings. The molecule has 2 fully saturated rings. The van der Waals surface area contributed by atoms with E-state index in [4.69, 9.17) is 5.73 Å². The Morgan fingerprint density at radius 3 is 2.62 bits per heavy atom. The predicted molar refractivity (Wildman–Crippen MR) is 82.4 cm³/mol. The first kappa shape index (κ1) is 16.3. The summed E-state index contributed by atoms with van der Waals surface area (Å²) < 4.78 is 0. The third-order valence-electron chi connectivity index (χ3n) is 4.97. The highest BCUT2D eigenvalue weighted by atomic mass is 16.2. The number of nitrogens with two attached hydrogens (primary N) is 1. The minimum atomic E-state index is -0.634. The molecule has 0 spiro atoms. The van der Waals surface area contributed by atoms with Crippen LogP contribution in [0, 0.1) is 17.2 Å². The highest BCUT2D eigenvalue weighted by molar-refractivity contribution is 5.79. The molecule has 1 saturated heterocycles. The maximum Gasteiger partial charge on any atom is 0.235 e. The van der Waals surface area contributed by atoms with Crippen LogP contribution in [-0.4, -0.2) is 42.0 Å². The molecule has 1 aliphatic carbocycles. The first-order chi connectivity index (χ1) is 10.0. The van der Waals surface area contributed by atoms with E-state index in [-0.39, 0.29) is 11.9 Å². The maximum atomic E-state index is 12.3. The quantitative estimate of drug-likeness (QED) is 0.770. The Morgan fingerprint density at radius 1 is 1.38 bits per heavy atom. The molecule has 0 aromatic carbocycles. The summed E-state index contributed by atoms with van der Waals surface area (Å²) >= 11 is 0. The van der Waals surface area contributed by atoms with Gasteiger partial charge >= 0.3 is 0 Å². The van der Waals surface area contributed by atoms with Crippen molar-refractivity contribution in [2.45, 2.75) is 63.5 Å². The lowest BCUT2D eigenvalue weighted by Crippen LogP contribution is -2.53. The molecule has 1 saturated carbocycles. The second-order valence-electron chi connectivity index (χ2n) is 6.82. The number of nitriles is 1.